The molecule has 0 amide bonds. The van der Waals surface area contributed by atoms with Gasteiger partial charge in [0.1, 0.15) is 0 Å². The smallest absolute Gasteiger partial charge is 0.310 e. The van der Waals surface area contributed by atoms with Gasteiger partial charge in [-0.25, -0.2) is 0 Å². The maximum atomic E-state index is 11.9. The summed E-state index contributed by atoms with van der Waals surface area (Å²) in [5, 5.41) is 0. The van der Waals surface area contributed by atoms with Gasteiger partial charge in [-0.3, -0.25) is 9.69 Å². The van der Waals surface area contributed by atoms with Crippen LogP contribution in [-0.4, -0.2) is 61.1 Å². The molecule has 0 radical (unpaired) electrons. The fourth-order valence-corrected chi connectivity index (χ4v) is 3.39. The van der Waals surface area contributed by atoms with Crippen LogP contribution in [-0.2, 0) is 9.53 Å². The summed E-state index contributed by atoms with van der Waals surface area (Å²) in [5.74, 6) is 0.121. The number of carbonyl (C=O) groups excluding carboxylic acids is 1. The van der Waals surface area contributed by atoms with Gasteiger partial charge in [0.15, 0.2) is 0 Å². The van der Waals surface area contributed by atoms with E-state index in [0.29, 0.717) is 12.6 Å². The van der Waals surface area contributed by atoms with E-state index < -0.39 is 0 Å². The summed E-state index contributed by atoms with van der Waals surface area (Å²) in [6.45, 7) is 10.3. The Morgan fingerprint density at radius 2 is 1.89 bits per heavy atom. The quantitative estimate of drug-likeness (QED) is 0.727. The normalized spacial score (nSPS) is 27.4. The highest BCUT2D eigenvalue weighted by Crippen LogP contribution is 2.24. The first-order valence-corrected chi connectivity index (χ1v) is 7.87. The summed E-state index contributed by atoms with van der Waals surface area (Å²) >= 11 is 0. The van der Waals surface area contributed by atoms with Crippen LogP contribution < -0.4 is 0 Å². The number of carbonyl (C=O) groups is 1. The third kappa shape index (κ3) is 3.93. The lowest BCUT2D eigenvalue weighted by molar-refractivity contribution is -0.150. The van der Waals surface area contributed by atoms with Gasteiger partial charge >= 0.3 is 5.97 Å². The molecule has 2 saturated heterocycles. The molecule has 0 aromatic rings. The maximum absolute atomic E-state index is 11.9. The lowest BCUT2D eigenvalue weighted by atomic mass is 9.94. The zero-order chi connectivity index (χ0) is 13.7. The molecule has 0 aromatic heterocycles. The van der Waals surface area contributed by atoms with Crippen LogP contribution in [0, 0.1) is 5.92 Å². The number of ether oxygens (including phenoxy) is 1. The van der Waals surface area contributed by atoms with E-state index >= 15 is 0 Å². The Balaban J connectivity index is 1.82. The molecule has 0 aromatic carbocycles. The average molecular weight is 268 g/mol. The molecule has 2 aliphatic heterocycles. The van der Waals surface area contributed by atoms with Crippen molar-refractivity contribution in [3.63, 3.8) is 0 Å². The van der Waals surface area contributed by atoms with Gasteiger partial charge < -0.3 is 9.64 Å². The molecule has 2 fully saturated rings. The van der Waals surface area contributed by atoms with Gasteiger partial charge in [0, 0.05) is 12.6 Å². The molecule has 19 heavy (non-hydrogen) atoms. The van der Waals surface area contributed by atoms with Crippen LogP contribution in [0.15, 0.2) is 0 Å². The van der Waals surface area contributed by atoms with Gasteiger partial charge in [-0.05, 0) is 58.8 Å². The van der Waals surface area contributed by atoms with Crippen molar-refractivity contribution in [2.24, 2.45) is 5.92 Å². The van der Waals surface area contributed by atoms with Crippen molar-refractivity contribution in [1.82, 2.24) is 9.80 Å². The second-order valence-corrected chi connectivity index (χ2v) is 5.75. The first-order chi connectivity index (χ1) is 9.24. The average Bonchev–Trinajstić information content (AvgIpc) is 2.48. The number of rotatable bonds is 4. The molecule has 0 spiro atoms. The molecule has 2 aliphatic rings. The molecule has 0 aliphatic carbocycles. The Labute approximate surface area is 117 Å². The minimum atomic E-state index is 0.0122. The van der Waals surface area contributed by atoms with Crippen LogP contribution in [0.1, 0.15) is 39.5 Å². The molecule has 2 rings (SSSR count). The predicted octanol–water partition coefficient (Wildman–Crippen LogP) is 1.75. The van der Waals surface area contributed by atoms with Crippen LogP contribution in [0.4, 0.5) is 0 Å². The molecule has 4 nitrogen and oxygen atoms in total. The fraction of sp³-hybridized carbons (Fsp3) is 0.933. The van der Waals surface area contributed by atoms with Crippen molar-refractivity contribution in [2.45, 2.75) is 45.6 Å². The summed E-state index contributed by atoms with van der Waals surface area (Å²) in [5.41, 5.74) is 0. The fourth-order valence-electron chi connectivity index (χ4n) is 3.39. The number of piperidine rings is 2. The Hall–Kier alpha value is -0.610. The second-order valence-electron chi connectivity index (χ2n) is 5.75. The van der Waals surface area contributed by atoms with E-state index in [0.717, 1.165) is 32.5 Å². The van der Waals surface area contributed by atoms with Gasteiger partial charge in [0.05, 0.1) is 12.5 Å². The second kappa shape index (κ2) is 7.25. The van der Waals surface area contributed by atoms with Gasteiger partial charge in [-0.1, -0.05) is 6.92 Å². The SMILES string of the molecule is CCOC(=O)[C@@H]1CCCN(C2CCN(CC)CC2)C1. The van der Waals surface area contributed by atoms with Crippen molar-refractivity contribution in [3.8, 4) is 0 Å². The minimum Gasteiger partial charge on any atom is -0.466 e. The Kier molecular flexibility index (Phi) is 5.64. The Morgan fingerprint density at radius 3 is 2.53 bits per heavy atom. The molecule has 0 unspecified atom stereocenters. The third-order valence-electron chi connectivity index (χ3n) is 4.59. The van der Waals surface area contributed by atoms with Crippen LogP contribution in [0.2, 0.25) is 0 Å². The molecule has 110 valence electrons. The first kappa shape index (κ1) is 14.8. The first-order valence-electron chi connectivity index (χ1n) is 7.87. The van der Waals surface area contributed by atoms with E-state index in [1.807, 2.05) is 6.92 Å². The molecule has 0 N–H and O–H groups in total. The van der Waals surface area contributed by atoms with Gasteiger partial charge in [0.25, 0.3) is 0 Å². The van der Waals surface area contributed by atoms with Crippen molar-refractivity contribution in [1.29, 1.82) is 0 Å². The molecule has 2 heterocycles. The highest BCUT2D eigenvalue weighted by molar-refractivity contribution is 5.72. The summed E-state index contributed by atoms with van der Waals surface area (Å²) in [6.07, 6.45) is 4.65. The standard InChI is InChI=1S/C15H28N2O2/c1-3-16-10-7-14(8-11-16)17-9-5-6-13(12-17)15(18)19-4-2/h13-14H,3-12H2,1-2H3/t13-/m1/s1. The van der Waals surface area contributed by atoms with Crippen molar-refractivity contribution in [2.75, 3.05) is 39.3 Å². The Bertz CT molecular complexity index is 288. The highest BCUT2D eigenvalue weighted by Gasteiger charge is 2.31. The van der Waals surface area contributed by atoms with Gasteiger partial charge in [-0.2, -0.15) is 0 Å². The van der Waals surface area contributed by atoms with Crippen LogP contribution >= 0.6 is 0 Å². The van der Waals surface area contributed by atoms with Crippen molar-refractivity contribution in [3.05, 3.63) is 0 Å². The van der Waals surface area contributed by atoms with E-state index in [4.69, 9.17) is 4.74 Å². The van der Waals surface area contributed by atoms with E-state index in [1.54, 1.807) is 0 Å². The lowest BCUT2D eigenvalue weighted by Crippen LogP contribution is -2.49. The number of likely N-dealkylation sites (tertiary alicyclic amines) is 2. The largest absolute Gasteiger partial charge is 0.466 e. The van der Waals surface area contributed by atoms with E-state index in [2.05, 4.69) is 16.7 Å². The monoisotopic (exact) mass is 268 g/mol. The molecular weight excluding hydrogens is 240 g/mol. The van der Waals surface area contributed by atoms with E-state index in [1.165, 1.54) is 25.9 Å². The Morgan fingerprint density at radius 1 is 1.16 bits per heavy atom. The van der Waals surface area contributed by atoms with Crippen molar-refractivity contribution < 1.29 is 9.53 Å². The van der Waals surface area contributed by atoms with Crippen LogP contribution in [0.5, 0.6) is 0 Å². The summed E-state index contributed by atoms with van der Waals surface area (Å²) in [4.78, 5) is 16.9. The predicted molar refractivity (Wildman–Crippen MR) is 76.1 cm³/mol. The zero-order valence-corrected chi connectivity index (χ0v) is 12.4. The lowest BCUT2D eigenvalue weighted by Gasteiger charge is -2.41. The van der Waals surface area contributed by atoms with Gasteiger partial charge in [-0.15, -0.1) is 0 Å². The van der Waals surface area contributed by atoms with Gasteiger partial charge in [0.2, 0.25) is 0 Å². The maximum Gasteiger partial charge on any atom is 0.310 e. The molecule has 0 bridgehead atoms. The zero-order valence-electron chi connectivity index (χ0n) is 12.4. The highest BCUT2D eigenvalue weighted by atomic mass is 16.5. The molecular formula is C15H28N2O2. The number of hydrogen-bond acceptors (Lipinski definition) is 4. The van der Waals surface area contributed by atoms with Crippen LogP contribution in [0.3, 0.4) is 0 Å². The number of hydrogen-bond donors (Lipinski definition) is 0. The number of esters is 1. The summed E-state index contributed by atoms with van der Waals surface area (Å²) < 4.78 is 5.18. The summed E-state index contributed by atoms with van der Waals surface area (Å²) in [6, 6.07) is 0.681. The number of nitrogens with zero attached hydrogens (tertiary/aromatic N) is 2. The third-order valence-corrected chi connectivity index (χ3v) is 4.59. The van der Waals surface area contributed by atoms with Crippen molar-refractivity contribution >= 4 is 5.97 Å². The topological polar surface area (TPSA) is 32.8 Å². The molecule has 1 atom stereocenters. The van der Waals surface area contributed by atoms with E-state index in [-0.39, 0.29) is 11.9 Å². The van der Waals surface area contributed by atoms with Crippen LogP contribution in [0.25, 0.3) is 0 Å². The minimum absolute atomic E-state index is 0.0122. The van der Waals surface area contributed by atoms with E-state index in [9.17, 15) is 4.79 Å². The molecule has 0 saturated carbocycles. The summed E-state index contributed by atoms with van der Waals surface area (Å²) in [7, 11) is 0. The molecule has 4 heteroatoms.